The summed E-state index contributed by atoms with van der Waals surface area (Å²) >= 11 is 0. The Morgan fingerprint density at radius 2 is 2.00 bits per heavy atom. The van der Waals surface area contributed by atoms with Gasteiger partial charge in [-0.3, -0.25) is 4.79 Å². The molecule has 0 saturated carbocycles. The van der Waals surface area contributed by atoms with Crippen LogP contribution in [0.15, 0.2) is 5.16 Å². The van der Waals surface area contributed by atoms with Gasteiger partial charge in [0.05, 0.1) is 0 Å². The van der Waals surface area contributed by atoms with Gasteiger partial charge in [-0.15, -0.1) is 0 Å². The molecule has 3 nitrogen and oxygen atoms in total. The molecule has 0 heterocycles. The van der Waals surface area contributed by atoms with Crippen molar-refractivity contribution >= 4 is 12.5 Å². The second-order valence-electron chi connectivity index (χ2n) is 2.59. The van der Waals surface area contributed by atoms with Gasteiger partial charge in [0.15, 0.2) is 6.29 Å². The Morgan fingerprint density at radius 1 is 1.44 bits per heavy atom. The molecule has 0 bridgehead atoms. The SMILES string of the molecule is CC(C)(C)ON=CC=O. The first-order valence-corrected chi connectivity index (χ1v) is 2.71. The molecule has 0 aliphatic rings. The molecule has 0 amide bonds. The molecule has 0 saturated heterocycles. The van der Waals surface area contributed by atoms with Crippen LogP contribution in [0.4, 0.5) is 0 Å². The van der Waals surface area contributed by atoms with E-state index in [2.05, 4.69) is 5.16 Å². The van der Waals surface area contributed by atoms with E-state index in [4.69, 9.17) is 4.84 Å². The minimum atomic E-state index is -0.306. The van der Waals surface area contributed by atoms with Gasteiger partial charge in [-0.25, -0.2) is 0 Å². The van der Waals surface area contributed by atoms with Crippen LogP contribution < -0.4 is 0 Å². The van der Waals surface area contributed by atoms with E-state index in [0.717, 1.165) is 6.21 Å². The summed E-state index contributed by atoms with van der Waals surface area (Å²) in [7, 11) is 0. The molecule has 0 spiro atoms. The molecule has 0 aromatic carbocycles. The van der Waals surface area contributed by atoms with E-state index in [-0.39, 0.29) is 5.60 Å². The molecule has 0 unspecified atom stereocenters. The van der Waals surface area contributed by atoms with Crippen molar-refractivity contribution in [3.63, 3.8) is 0 Å². The van der Waals surface area contributed by atoms with Gasteiger partial charge in [-0.05, 0) is 20.8 Å². The van der Waals surface area contributed by atoms with Crippen LogP contribution in [-0.4, -0.2) is 18.1 Å². The summed E-state index contributed by atoms with van der Waals surface area (Å²) in [6, 6.07) is 0. The average Bonchev–Trinajstić information content (AvgIpc) is 1.63. The fourth-order valence-electron chi connectivity index (χ4n) is 0.213. The monoisotopic (exact) mass is 129 g/mol. The Balaban J connectivity index is 3.50. The first kappa shape index (κ1) is 8.14. The van der Waals surface area contributed by atoms with Crippen LogP contribution in [0, 0.1) is 0 Å². The van der Waals surface area contributed by atoms with E-state index in [0.29, 0.717) is 6.29 Å². The summed E-state index contributed by atoms with van der Waals surface area (Å²) < 4.78 is 0. The Bertz CT molecular complexity index is 113. The number of hydrogen-bond acceptors (Lipinski definition) is 3. The second-order valence-corrected chi connectivity index (χ2v) is 2.59. The second kappa shape index (κ2) is 3.22. The van der Waals surface area contributed by atoms with Crippen molar-refractivity contribution < 1.29 is 9.63 Å². The lowest BCUT2D eigenvalue weighted by Crippen LogP contribution is -2.15. The molecule has 0 aromatic heterocycles. The van der Waals surface area contributed by atoms with Crippen LogP contribution in [0.25, 0.3) is 0 Å². The summed E-state index contributed by atoms with van der Waals surface area (Å²) in [5, 5.41) is 3.37. The van der Waals surface area contributed by atoms with E-state index in [1.165, 1.54) is 0 Å². The maximum atomic E-state index is 9.66. The third-order valence-corrected chi connectivity index (χ3v) is 0.448. The van der Waals surface area contributed by atoms with Crippen LogP contribution >= 0.6 is 0 Å². The molecule has 0 atom stereocenters. The highest BCUT2D eigenvalue weighted by Gasteiger charge is 2.08. The Hall–Kier alpha value is -0.860. The van der Waals surface area contributed by atoms with Gasteiger partial charge in [-0.2, -0.15) is 0 Å². The smallest absolute Gasteiger partial charge is 0.164 e. The molecular weight excluding hydrogens is 118 g/mol. The van der Waals surface area contributed by atoms with E-state index in [9.17, 15) is 4.79 Å². The van der Waals surface area contributed by atoms with Crippen molar-refractivity contribution in [3.05, 3.63) is 0 Å². The molecule has 52 valence electrons. The predicted octanol–water partition coefficient (Wildman–Crippen LogP) is 0.986. The number of oxime groups is 1. The van der Waals surface area contributed by atoms with E-state index >= 15 is 0 Å². The standard InChI is InChI=1S/C6H11NO2/c1-6(2,3)9-7-4-5-8/h4-5H,1-3H3. The van der Waals surface area contributed by atoms with Crippen molar-refractivity contribution in [1.29, 1.82) is 0 Å². The van der Waals surface area contributed by atoms with Crippen LogP contribution in [0.1, 0.15) is 20.8 Å². The highest BCUT2D eigenvalue weighted by Crippen LogP contribution is 2.05. The lowest BCUT2D eigenvalue weighted by atomic mass is 10.2. The van der Waals surface area contributed by atoms with E-state index in [1.807, 2.05) is 20.8 Å². The summed E-state index contributed by atoms with van der Waals surface area (Å²) in [4.78, 5) is 14.5. The largest absolute Gasteiger partial charge is 0.390 e. The van der Waals surface area contributed by atoms with Crippen molar-refractivity contribution in [2.24, 2.45) is 5.16 Å². The zero-order chi connectivity index (χ0) is 7.33. The Kier molecular flexibility index (Phi) is 2.91. The summed E-state index contributed by atoms with van der Waals surface area (Å²) in [5.41, 5.74) is -0.306. The topological polar surface area (TPSA) is 38.7 Å². The molecular formula is C6H11NO2. The van der Waals surface area contributed by atoms with Crippen LogP contribution in [-0.2, 0) is 9.63 Å². The minimum absolute atomic E-state index is 0.306. The van der Waals surface area contributed by atoms with Gasteiger partial charge in [0.1, 0.15) is 11.8 Å². The molecule has 0 aromatic rings. The third kappa shape index (κ3) is 7.14. The van der Waals surface area contributed by atoms with Gasteiger partial charge in [0.25, 0.3) is 0 Å². The van der Waals surface area contributed by atoms with Gasteiger partial charge in [0.2, 0.25) is 0 Å². The number of carbonyl (C=O) groups excluding carboxylic acids is 1. The van der Waals surface area contributed by atoms with Gasteiger partial charge < -0.3 is 4.84 Å². The zero-order valence-electron chi connectivity index (χ0n) is 5.92. The van der Waals surface area contributed by atoms with Gasteiger partial charge >= 0.3 is 0 Å². The number of carbonyl (C=O) groups is 1. The molecule has 3 heteroatoms. The van der Waals surface area contributed by atoms with Gasteiger partial charge in [0, 0.05) is 0 Å². The maximum Gasteiger partial charge on any atom is 0.164 e. The van der Waals surface area contributed by atoms with E-state index < -0.39 is 0 Å². The Labute approximate surface area is 54.7 Å². The summed E-state index contributed by atoms with van der Waals surface area (Å²) in [6.07, 6.45) is 1.65. The van der Waals surface area contributed by atoms with Gasteiger partial charge in [-0.1, -0.05) is 5.16 Å². The first-order chi connectivity index (χ1) is 4.06. The van der Waals surface area contributed by atoms with Crippen LogP contribution in [0.3, 0.4) is 0 Å². The van der Waals surface area contributed by atoms with E-state index in [1.54, 1.807) is 0 Å². The molecule has 0 aliphatic carbocycles. The lowest BCUT2D eigenvalue weighted by molar-refractivity contribution is -0.102. The number of aldehydes is 1. The highest BCUT2D eigenvalue weighted by atomic mass is 16.6. The zero-order valence-corrected chi connectivity index (χ0v) is 5.92. The lowest BCUT2D eigenvalue weighted by Gasteiger charge is -2.14. The maximum absolute atomic E-state index is 9.66. The number of hydrogen-bond donors (Lipinski definition) is 0. The van der Waals surface area contributed by atoms with Crippen molar-refractivity contribution in [2.75, 3.05) is 0 Å². The third-order valence-electron chi connectivity index (χ3n) is 0.448. The average molecular weight is 129 g/mol. The highest BCUT2D eigenvalue weighted by molar-refractivity contribution is 6.12. The van der Waals surface area contributed by atoms with Crippen LogP contribution in [0.5, 0.6) is 0 Å². The quantitative estimate of drug-likeness (QED) is 0.317. The molecule has 0 fully saturated rings. The molecule has 0 radical (unpaired) electrons. The normalized spacial score (nSPS) is 11.9. The Morgan fingerprint density at radius 3 is 2.33 bits per heavy atom. The minimum Gasteiger partial charge on any atom is -0.390 e. The number of nitrogens with zero attached hydrogens (tertiary/aromatic N) is 1. The van der Waals surface area contributed by atoms with Crippen LogP contribution in [0.2, 0.25) is 0 Å². The fourth-order valence-corrected chi connectivity index (χ4v) is 0.213. The molecule has 0 aliphatic heterocycles. The molecule has 9 heavy (non-hydrogen) atoms. The molecule has 0 N–H and O–H groups in total. The van der Waals surface area contributed by atoms with Crippen molar-refractivity contribution in [2.45, 2.75) is 26.4 Å². The summed E-state index contributed by atoms with van der Waals surface area (Å²) in [6.45, 7) is 5.57. The predicted molar refractivity (Wildman–Crippen MR) is 35.4 cm³/mol. The molecule has 0 rings (SSSR count). The van der Waals surface area contributed by atoms with Crippen molar-refractivity contribution in [1.82, 2.24) is 0 Å². The number of rotatable bonds is 2. The first-order valence-electron chi connectivity index (χ1n) is 2.71. The summed E-state index contributed by atoms with van der Waals surface area (Å²) in [5.74, 6) is 0. The van der Waals surface area contributed by atoms with Crippen molar-refractivity contribution in [3.8, 4) is 0 Å². The fraction of sp³-hybridized carbons (Fsp3) is 0.667.